The molecule has 0 spiro atoms. The summed E-state index contributed by atoms with van der Waals surface area (Å²) >= 11 is 12.5. The van der Waals surface area contributed by atoms with E-state index in [-0.39, 0.29) is 5.91 Å². The van der Waals surface area contributed by atoms with Gasteiger partial charge in [-0.1, -0.05) is 51.4 Å². The first-order valence-electron chi connectivity index (χ1n) is 7.50. The number of nitrogens with one attached hydrogen (secondary N) is 1. The van der Waals surface area contributed by atoms with E-state index < -0.39 is 0 Å². The quantitative estimate of drug-likeness (QED) is 0.442. The Hall–Kier alpha value is -1.34. The lowest BCUT2D eigenvalue weighted by atomic mass is 10.2. The van der Waals surface area contributed by atoms with Gasteiger partial charge in [-0.15, -0.1) is 11.3 Å². The topological polar surface area (TPSA) is 42.0 Å². The van der Waals surface area contributed by atoms with Crippen molar-refractivity contribution < 1.29 is 4.79 Å². The lowest BCUT2D eigenvalue weighted by Gasteiger charge is -2.04. The first kappa shape index (κ1) is 18.5. The normalized spacial score (nSPS) is 10.6. The molecule has 0 radical (unpaired) electrons. The average molecular weight is 454 g/mol. The molecule has 1 N–H and O–H groups in total. The van der Waals surface area contributed by atoms with Crippen molar-refractivity contribution in [1.29, 1.82) is 0 Å². The molecule has 0 aliphatic heterocycles. The van der Waals surface area contributed by atoms with Crippen LogP contribution in [-0.2, 0) is 4.79 Å². The number of nitrogens with zero attached hydrogens (tertiary/aromatic N) is 1. The van der Waals surface area contributed by atoms with Gasteiger partial charge in [-0.05, 0) is 36.4 Å². The Morgan fingerprint density at radius 2 is 1.88 bits per heavy atom. The van der Waals surface area contributed by atoms with Crippen molar-refractivity contribution in [2.75, 3.05) is 11.1 Å². The maximum absolute atomic E-state index is 12.0. The summed E-state index contributed by atoms with van der Waals surface area (Å²) in [6.07, 6.45) is 0.431. The van der Waals surface area contributed by atoms with Gasteiger partial charge in [0.25, 0.3) is 0 Å². The molecule has 0 saturated carbocycles. The Balaban J connectivity index is 1.48. The standard InChI is InChI=1S/C18H14BrClN2OS2/c19-13-3-1-12(2-4-13)16-11-25-18(22-16)24-10-9-17(23)21-15-7-5-14(20)6-8-15/h1-8,11H,9-10H2,(H,21,23). The summed E-state index contributed by atoms with van der Waals surface area (Å²) in [6.45, 7) is 0. The van der Waals surface area contributed by atoms with Crippen LogP contribution in [0, 0.1) is 0 Å². The largest absolute Gasteiger partial charge is 0.326 e. The fraction of sp³-hybridized carbons (Fsp3) is 0.111. The molecule has 0 unspecified atom stereocenters. The predicted molar refractivity (Wildman–Crippen MR) is 111 cm³/mol. The molecule has 3 nitrogen and oxygen atoms in total. The van der Waals surface area contributed by atoms with E-state index in [1.807, 2.05) is 29.6 Å². The van der Waals surface area contributed by atoms with Crippen LogP contribution in [0.3, 0.4) is 0 Å². The molecular weight excluding hydrogens is 440 g/mol. The Bertz CT molecular complexity index is 850. The highest BCUT2D eigenvalue weighted by Crippen LogP contribution is 2.29. The number of thiazole rings is 1. The molecule has 2 aromatic carbocycles. The summed E-state index contributed by atoms with van der Waals surface area (Å²) in [7, 11) is 0. The minimum Gasteiger partial charge on any atom is -0.326 e. The van der Waals surface area contributed by atoms with Crippen LogP contribution in [0.2, 0.25) is 5.02 Å². The number of anilines is 1. The zero-order chi connectivity index (χ0) is 17.6. The van der Waals surface area contributed by atoms with Crippen molar-refractivity contribution >= 4 is 62.2 Å². The van der Waals surface area contributed by atoms with E-state index in [1.54, 1.807) is 47.4 Å². The molecule has 1 aromatic heterocycles. The van der Waals surface area contributed by atoms with Crippen LogP contribution in [0.4, 0.5) is 5.69 Å². The third-order valence-electron chi connectivity index (χ3n) is 3.31. The van der Waals surface area contributed by atoms with Gasteiger partial charge in [-0.25, -0.2) is 4.98 Å². The Labute approximate surface area is 168 Å². The maximum Gasteiger partial charge on any atom is 0.225 e. The number of hydrogen-bond acceptors (Lipinski definition) is 4. The van der Waals surface area contributed by atoms with Crippen molar-refractivity contribution in [3.05, 3.63) is 63.4 Å². The van der Waals surface area contributed by atoms with Crippen molar-refractivity contribution in [2.45, 2.75) is 10.8 Å². The number of hydrogen-bond donors (Lipinski definition) is 1. The molecule has 3 aromatic rings. The van der Waals surface area contributed by atoms with Crippen LogP contribution in [0.25, 0.3) is 11.3 Å². The fourth-order valence-corrected chi connectivity index (χ4v) is 4.30. The van der Waals surface area contributed by atoms with Crippen LogP contribution in [0.15, 0.2) is 62.7 Å². The third-order valence-corrected chi connectivity index (χ3v) is 6.11. The van der Waals surface area contributed by atoms with E-state index >= 15 is 0 Å². The van der Waals surface area contributed by atoms with Crippen molar-refractivity contribution in [3.8, 4) is 11.3 Å². The van der Waals surface area contributed by atoms with Gasteiger partial charge in [0.05, 0.1) is 5.69 Å². The lowest BCUT2D eigenvalue weighted by Crippen LogP contribution is -2.11. The van der Waals surface area contributed by atoms with Gasteiger partial charge in [0.2, 0.25) is 5.91 Å². The first-order valence-corrected chi connectivity index (χ1v) is 10.5. The van der Waals surface area contributed by atoms with Gasteiger partial charge in [-0.3, -0.25) is 4.79 Å². The highest BCUT2D eigenvalue weighted by atomic mass is 79.9. The second-order valence-corrected chi connectivity index (χ2v) is 8.71. The first-order chi connectivity index (χ1) is 12.1. The van der Waals surface area contributed by atoms with Gasteiger partial charge < -0.3 is 5.32 Å². The Morgan fingerprint density at radius 3 is 2.60 bits per heavy atom. The summed E-state index contributed by atoms with van der Waals surface area (Å²) in [5.41, 5.74) is 2.81. The molecule has 128 valence electrons. The Morgan fingerprint density at radius 1 is 1.16 bits per heavy atom. The van der Waals surface area contributed by atoms with Crippen molar-refractivity contribution in [3.63, 3.8) is 0 Å². The second-order valence-electron chi connectivity index (χ2n) is 5.16. The molecule has 3 rings (SSSR count). The molecule has 1 amide bonds. The highest BCUT2D eigenvalue weighted by molar-refractivity contribution is 9.10. The van der Waals surface area contributed by atoms with Gasteiger partial charge in [0.15, 0.2) is 4.34 Å². The lowest BCUT2D eigenvalue weighted by molar-refractivity contribution is -0.115. The number of carbonyl (C=O) groups is 1. The van der Waals surface area contributed by atoms with Crippen LogP contribution in [-0.4, -0.2) is 16.6 Å². The van der Waals surface area contributed by atoms with Crippen LogP contribution in [0.5, 0.6) is 0 Å². The molecule has 0 saturated heterocycles. The number of halogens is 2. The van der Waals surface area contributed by atoms with Crippen LogP contribution < -0.4 is 5.32 Å². The van der Waals surface area contributed by atoms with E-state index in [0.717, 1.165) is 25.8 Å². The molecule has 25 heavy (non-hydrogen) atoms. The van der Waals surface area contributed by atoms with Crippen LogP contribution in [0.1, 0.15) is 6.42 Å². The summed E-state index contributed by atoms with van der Waals surface area (Å²) in [5, 5.41) is 5.55. The monoisotopic (exact) mass is 452 g/mol. The number of carbonyl (C=O) groups excluding carboxylic acids is 1. The summed E-state index contributed by atoms with van der Waals surface area (Å²) < 4.78 is 2.02. The van der Waals surface area contributed by atoms with E-state index in [2.05, 4.69) is 26.2 Å². The summed E-state index contributed by atoms with van der Waals surface area (Å²) in [5.74, 6) is 0.673. The number of rotatable bonds is 6. The summed E-state index contributed by atoms with van der Waals surface area (Å²) in [6, 6.07) is 15.2. The molecule has 0 aliphatic rings. The smallest absolute Gasteiger partial charge is 0.225 e. The average Bonchev–Trinajstić information content (AvgIpc) is 3.06. The summed E-state index contributed by atoms with van der Waals surface area (Å²) in [4.78, 5) is 16.6. The molecule has 7 heteroatoms. The molecule has 0 aliphatic carbocycles. The predicted octanol–water partition coefficient (Wildman–Crippen LogP) is 6.35. The number of aromatic nitrogens is 1. The van der Waals surface area contributed by atoms with Gasteiger partial charge in [0, 0.05) is 38.3 Å². The van der Waals surface area contributed by atoms with E-state index in [0.29, 0.717) is 17.2 Å². The molecule has 0 atom stereocenters. The third kappa shape index (κ3) is 5.57. The fourth-order valence-electron chi connectivity index (χ4n) is 2.06. The van der Waals surface area contributed by atoms with Crippen molar-refractivity contribution in [2.24, 2.45) is 0 Å². The minimum absolute atomic E-state index is 0.0143. The van der Waals surface area contributed by atoms with E-state index in [1.165, 1.54) is 0 Å². The van der Waals surface area contributed by atoms with Crippen molar-refractivity contribution in [1.82, 2.24) is 4.98 Å². The zero-order valence-electron chi connectivity index (χ0n) is 13.0. The minimum atomic E-state index is -0.0143. The molecule has 0 fully saturated rings. The number of thioether (sulfide) groups is 1. The number of amides is 1. The van der Waals surface area contributed by atoms with E-state index in [4.69, 9.17) is 11.6 Å². The highest BCUT2D eigenvalue weighted by Gasteiger charge is 2.07. The maximum atomic E-state index is 12.0. The molecule has 0 bridgehead atoms. The molecular formula is C18H14BrClN2OS2. The molecule has 1 heterocycles. The van der Waals surface area contributed by atoms with Crippen LogP contribution >= 0.6 is 50.6 Å². The van der Waals surface area contributed by atoms with Gasteiger partial charge >= 0.3 is 0 Å². The Kier molecular flexibility index (Phi) is 6.53. The second kappa shape index (κ2) is 8.85. The zero-order valence-corrected chi connectivity index (χ0v) is 17.0. The van der Waals surface area contributed by atoms with Gasteiger partial charge in [0.1, 0.15) is 0 Å². The number of benzene rings is 2. The van der Waals surface area contributed by atoms with E-state index in [9.17, 15) is 4.79 Å². The SMILES string of the molecule is O=C(CCSc1nc(-c2ccc(Br)cc2)cs1)Nc1ccc(Cl)cc1. The van der Waals surface area contributed by atoms with Gasteiger partial charge in [-0.2, -0.15) is 0 Å².